The molecule has 1 atom stereocenters. The molecule has 0 aliphatic carbocycles. The molecular weight excluding hydrogens is 356 g/mol. The molecule has 0 spiro atoms. The van der Waals surface area contributed by atoms with Gasteiger partial charge < -0.3 is 15.1 Å². The van der Waals surface area contributed by atoms with Crippen molar-refractivity contribution in [2.75, 3.05) is 39.3 Å². The lowest BCUT2D eigenvalue weighted by Gasteiger charge is -2.36. The van der Waals surface area contributed by atoms with Gasteiger partial charge in [0.25, 0.3) is 0 Å². The van der Waals surface area contributed by atoms with E-state index in [2.05, 4.69) is 29.3 Å². The Bertz CT molecular complexity index is 736. The summed E-state index contributed by atoms with van der Waals surface area (Å²) in [4.78, 5) is 42.7. The van der Waals surface area contributed by atoms with E-state index in [0.29, 0.717) is 39.3 Å². The predicted octanol–water partition coefficient (Wildman–Crippen LogP) is 0.766. The molecule has 3 amide bonds. The number of carbonyl (C=O) groups is 3. The van der Waals surface area contributed by atoms with Gasteiger partial charge in [-0.15, -0.1) is 0 Å². The number of amides is 3. The van der Waals surface area contributed by atoms with Gasteiger partial charge in [0.05, 0.1) is 12.5 Å². The van der Waals surface area contributed by atoms with Crippen molar-refractivity contribution in [3.05, 3.63) is 35.4 Å². The van der Waals surface area contributed by atoms with Crippen LogP contribution in [0.25, 0.3) is 0 Å². The zero-order valence-electron chi connectivity index (χ0n) is 16.8. The van der Waals surface area contributed by atoms with Crippen molar-refractivity contribution >= 4 is 17.7 Å². The number of hydrogen-bond acceptors (Lipinski definition) is 4. The van der Waals surface area contributed by atoms with Crippen molar-refractivity contribution in [2.45, 2.75) is 39.3 Å². The lowest BCUT2D eigenvalue weighted by atomic mass is 10.0. The number of rotatable bonds is 4. The summed E-state index contributed by atoms with van der Waals surface area (Å²) >= 11 is 0. The van der Waals surface area contributed by atoms with Crippen LogP contribution in [0.4, 0.5) is 0 Å². The molecule has 2 heterocycles. The van der Waals surface area contributed by atoms with E-state index in [9.17, 15) is 14.4 Å². The monoisotopic (exact) mass is 386 g/mol. The SMILES string of the molecule is CC(=O)N1CCCN(C(=O)C[C@@H]2C(=O)NCCN2Cc2ccccc2C)CC1. The van der Waals surface area contributed by atoms with Crippen molar-refractivity contribution in [1.29, 1.82) is 0 Å². The van der Waals surface area contributed by atoms with Gasteiger partial charge in [-0.05, 0) is 24.5 Å². The quantitative estimate of drug-likeness (QED) is 0.830. The van der Waals surface area contributed by atoms with Crippen molar-refractivity contribution in [2.24, 2.45) is 0 Å². The maximum absolute atomic E-state index is 12.9. The van der Waals surface area contributed by atoms with Crippen LogP contribution in [0.1, 0.15) is 30.9 Å². The Kier molecular flexibility index (Phi) is 6.67. The molecule has 2 aliphatic rings. The fourth-order valence-corrected chi connectivity index (χ4v) is 3.96. The van der Waals surface area contributed by atoms with Gasteiger partial charge in [0, 0.05) is 52.7 Å². The molecule has 0 unspecified atom stereocenters. The van der Waals surface area contributed by atoms with Gasteiger partial charge in [-0.3, -0.25) is 19.3 Å². The molecule has 2 aliphatic heterocycles. The van der Waals surface area contributed by atoms with Gasteiger partial charge in [0.2, 0.25) is 17.7 Å². The van der Waals surface area contributed by atoms with Crippen LogP contribution >= 0.6 is 0 Å². The summed E-state index contributed by atoms with van der Waals surface area (Å²) < 4.78 is 0. The molecule has 0 saturated carbocycles. The van der Waals surface area contributed by atoms with Crippen LogP contribution in [0.3, 0.4) is 0 Å². The molecule has 152 valence electrons. The second-order valence-electron chi connectivity index (χ2n) is 7.65. The van der Waals surface area contributed by atoms with Gasteiger partial charge in [0.15, 0.2) is 0 Å². The number of benzene rings is 1. The van der Waals surface area contributed by atoms with Crippen LogP contribution in [0.2, 0.25) is 0 Å². The van der Waals surface area contributed by atoms with Crippen molar-refractivity contribution < 1.29 is 14.4 Å². The number of hydrogen-bond donors (Lipinski definition) is 1. The van der Waals surface area contributed by atoms with E-state index in [4.69, 9.17) is 0 Å². The molecule has 7 nitrogen and oxygen atoms in total. The number of piperazine rings is 1. The molecule has 28 heavy (non-hydrogen) atoms. The lowest BCUT2D eigenvalue weighted by molar-refractivity contribution is -0.139. The highest BCUT2D eigenvalue weighted by Gasteiger charge is 2.33. The first-order valence-corrected chi connectivity index (χ1v) is 10.1. The second-order valence-corrected chi connectivity index (χ2v) is 7.65. The van der Waals surface area contributed by atoms with E-state index in [-0.39, 0.29) is 24.1 Å². The summed E-state index contributed by atoms with van der Waals surface area (Å²) in [5, 5.41) is 2.90. The molecule has 0 bridgehead atoms. The third kappa shape index (κ3) is 4.90. The minimum Gasteiger partial charge on any atom is -0.353 e. The van der Waals surface area contributed by atoms with Gasteiger partial charge in [-0.2, -0.15) is 0 Å². The Balaban J connectivity index is 1.65. The van der Waals surface area contributed by atoms with E-state index in [1.54, 1.807) is 16.7 Å². The molecule has 2 saturated heterocycles. The molecule has 1 aromatic carbocycles. The van der Waals surface area contributed by atoms with E-state index >= 15 is 0 Å². The average Bonchev–Trinajstić information content (AvgIpc) is 2.92. The molecule has 1 aromatic rings. The van der Waals surface area contributed by atoms with Crippen LogP contribution in [-0.2, 0) is 20.9 Å². The summed E-state index contributed by atoms with van der Waals surface area (Å²) in [6.07, 6.45) is 0.951. The molecule has 2 fully saturated rings. The highest BCUT2D eigenvalue weighted by atomic mass is 16.2. The molecule has 1 N–H and O–H groups in total. The number of aryl methyl sites for hydroxylation is 1. The largest absolute Gasteiger partial charge is 0.353 e. The third-order valence-corrected chi connectivity index (χ3v) is 5.74. The van der Waals surface area contributed by atoms with Gasteiger partial charge in [-0.1, -0.05) is 24.3 Å². The van der Waals surface area contributed by atoms with Crippen LogP contribution in [0, 0.1) is 6.92 Å². The highest BCUT2D eigenvalue weighted by Crippen LogP contribution is 2.18. The van der Waals surface area contributed by atoms with Crippen molar-refractivity contribution in [3.63, 3.8) is 0 Å². The molecule has 0 radical (unpaired) electrons. The Morgan fingerprint density at radius 1 is 1.07 bits per heavy atom. The second kappa shape index (κ2) is 9.19. The number of nitrogens with zero attached hydrogens (tertiary/aromatic N) is 3. The summed E-state index contributed by atoms with van der Waals surface area (Å²) in [6.45, 7) is 8.04. The fourth-order valence-electron chi connectivity index (χ4n) is 3.96. The maximum atomic E-state index is 12.9. The minimum absolute atomic E-state index is 0.0118. The fraction of sp³-hybridized carbons (Fsp3) is 0.571. The summed E-state index contributed by atoms with van der Waals surface area (Å²) in [5.74, 6) is -0.0408. The zero-order chi connectivity index (χ0) is 20.1. The first kappa shape index (κ1) is 20.3. The smallest absolute Gasteiger partial charge is 0.237 e. The van der Waals surface area contributed by atoms with Gasteiger partial charge in [-0.25, -0.2) is 0 Å². The maximum Gasteiger partial charge on any atom is 0.237 e. The van der Waals surface area contributed by atoms with E-state index < -0.39 is 6.04 Å². The molecule has 7 heteroatoms. The predicted molar refractivity (Wildman–Crippen MR) is 106 cm³/mol. The van der Waals surface area contributed by atoms with Gasteiger partial charge in [0.1, 0.15) is 0 Å². The Morgan fingerprint density at radius 3 is 2.54 bits per heavy atom. The summed E-state index contributed by atoms with van der Waals surface area (Å²) in [7, 11) is 0. The Labute approximate surface area is 166 Å². The Morgan fingerprint density at radius 2 is 1.79 bits per heavy atom. The topological polar surface area (TPSA) is 73.0 Å². The minimum atomic E-state index is -0.451. The van der Waals surface area contributed by atoms with E-state index in [1.165, 1.54) is 11.1 Å². The molecule has 3 rings (SSSR count). The standard InChI is InChI=1S/C21H30N4O3/c1-16-6-3-4-7-18(16)15-25-11-8-22-21(28)19(25)14-20(27)24-10-5-9-23(12-13-24)17(2)26/h3-4,6-7,19H,5,8-15H2,1-2H3,(H,22,28)/t19-/m1/s1. The summed E-state index contributed by atoms with van der Waals surface area (Å²) in [5.41, 5.74) is 2.37. The van der Waals surface area contributed by atoms with Crippen molar-refractivity contribution in [3.8, 4) is 0 Å². The zero-order valence-corrected chi connectivity index (χ0v) is 16.8. The first-order valence-electron chi connectivity index (χ1n) is 10.1. The molecular formula is C21H30N4O3. The lowest BCUT2D eigenvalue weighted by Crippen LogP contribution is -2.56. The van der Waals surface area contributed by atoms with Crippen LogP contribution in [-0.4, -0.2) is 77.7 Å². The number of carbonyl (C=O) groups excluding carboxylic acids is 3. The number of nitrogens with one attached hydrogen (secondary N) is 1. The van der Waals surface area contributed by atoms with Crippen LogP contribution < -0.4 is 5.32 Å². The van der Waals surface area contributed by atoms with Crippen LogP contribution in [0.5, 0.6) is 0 Å². The van der Waals surface area contributed by atoms with Crippen molar-refractivity contribution in [1.82, 2.24) is 20.0 Å². The first-order chi connectivity index (χ1) is 13.5. The third-order valence-electron chi connectivity index (χ3n) is 5.74. The van der Waals surface area contributed by atoms with E-state index in [1.807, 2.05) is 12.1 Å². The van der Waals surface area contributed by atoms with Gasteiger partial charge >= 0.3 is 0 Å². The summed E-state index contributed by atoms with van der Waals surface area (Å²) in [6, 6.07) is 7.70. The molecule has 0 aromatic heterocycles. The average molecular weight is 386 g/mol. The highest BCUT2D eigenvalue weighted by molar-refractivity contribution is 5.89. The Hall–Kier alpha value is -2.41. The van der Waals surface area contributed by atoms with E-state index in [0.717, 1.165) is 13.0 Å². The van der Waals surface area contributed by atoms with Crippen LogP contribution in [0.15, 0.2) is 24.3 Å². The normalized spacial score (nSPS) is 21.2.